The van der Waals surface area contributed by atoms with Crippen molar-refractivity contribution in [1.29, 1.82) is 0 Å². The number of nitrogens with zero attached hydrogens (tertiary/aromatic N) is 4. The van der Waals surface area contributed by atoms with Crippen molar-refractivity contribution in [2.45, 2.75) is 59.4 Å². The predicted molar refractivity (Wildman–Crippen MR) is 142 cm³/mol. The van der Waals surface area contributed by atoms with Gasteiger partial charge in [-0.05, 0) is 30.4 Å². The molecule has 1 aliphatic rings. The first-order valence-corrected chi connectivity index (χ1v) is 12.5. The maximum atomic E-state index is 13.5. The molecule has 2 aromatic rings. The number of amides is 2. The highest BCUT2D eigenvalue weighted by Gasteiger charge is 2.28. The van der Waals surface area contributed by atoms with Gasteiger partial charge in [-0.1, -0.05) is 75.9 Å². The van der Waals surface area contributed by atoms with Crippen molar-refractivity contribution in [1.82, 2.24) is 20.3 Å². The summed E-state index contributed by atoms with van der Waals surface area (Å²) in [5.41, 5.74) is 5.01. The Morgan fingerprint density at radius 3 is 2.63 bits per heavy atom. The molecule has 0 unspecified atom stereocenters. The summed E-state index contributed by atoms with van der Waals surface area (Å²) >= 11 is 0. The molecule has 1 aromatic heterocycles. The zero-order valence-electron chi connectivity index (χ0n) is 21.2. The molecule has 0 atom stereocenters. The molecule has 2 amide bonds. The maximum Gasteiger partial charge on any atom is 0.229 e. The Bertz CT molecular complexity index is 1110. The van der Waals surface area contributed by atoms with Gasteiger partial charge in [0.15, 0.2) is 0 Å². The summed E-state index contributed by atoms with van der Waals surface area (Å²) in [7, 11) is 0. The summed E-state index contributed by atoms with van der Waals surface area (Å²) in [6.07, 6.45) is 7.04. The van der Waals surface area contributed by atoms with E-state index in [1.807, 2.05) is 28.9 Å². The molecule has 7 nitrogen and oxygen atoms in total. The van der Waals surface area contributed by atoms with Crippen molar-refractivity contribution in [2.24, 2.45) is 5.92 Å². The lowest BCUT2D eigenvalue weighted by Gasteiger charge is -2.29. The zero-order chi connectivity index (χ0) is 25.4. The average Bonchev–Trinajstić information content (AvgIpc) is 3.25. The average molecular weight is 476 g/mol. The monoisotopic (exact) mass is 475 g/mol. The molecule has 35 heavy (non-hydrogen) atoms. The van der Waals surface area contributed by atoms with E-state index in [0.29, 0.717) is 25.4 Å². The highest BCUT2D eigenvalue weighted by molar-refractivity contribution is 6.01. The van der Waals surface area contributed by atoms with Gasteiger partial charge in [0.25, 0.3) is 0 Å². The quantitative estimate of drug-likeness (QED) is 0.487. The van der Waals surface area contributed by atoms with Crippen LogP contribution in [-0.4, -0.2) is 39.9 Å². The molecule has 1 aliphatic heterocycles. The number of aryl methyl sites for hydroxylation is 1. The van der Waals surface area contributed by atoms with E-state index in [1.54, 1.807) is 17.1 Å². The highest BCUT2D eigenvalue weighted by Crippen LogP contribution is 2.39. The molecule has 1 aromatic carbocycles. The number of para-hydroxylation sites is 1. The molecule has 0 radical (unpaired) electrons. The minimum absolute atomic E-state index is 0.0178. The summed E-state index contributed by atoms with van der Waals surface area (Å²) in [5, 5.41) is 11.9. The first-order chi connectivity index (χ1) is 16.9. The number of fused-ring (bicyclic) bond motifs is 3. The van der Waals surface area contributed by atoms with Crippen molar-refractivity contribution in [3.8, 4) is 11.3 Å². The van der Waals surface area contributed by atoms with Gasteiger partial charge in [0, 0.05) is 37.1 Å². The molecular formula is C28H37N5O2. The van der Waals surface area contributed by atoms with E-state index in [-0.39, 0.29) is 18.2 Å². The van der Waals surface area contributed by atoms with E-state index in [9.17, 15) is 9.59 Å². The summed E-state index contributed by atoms with van der Waals surface area (Å²) in [6.45, 7) is 15.7. The first-order valence-electron chi connectivity index (χ1n) is 12.5. The highest BCUT2D eigenvalue weighted by atomic mass is 16.2. The Kier molecular flexibility index (Phi) is 9.18. The second-order valence-corrected chi connectivity index (χ2v) is 9.24. The Morgan fingerprint density at radius 2 is 1.94 bits per heavy atom. The van der Waals surface area contributed by atoms with Crippen LogP contribution in [-0.2, 0) is 16.1 Å². The third kappa shape index (κ3) is 6.15. The lowest BCUT2D eigenvalue weighted by molar-refractivity contribution is -0.121. The van der Waals surface area contributed by atoms with Crippen LogP contribution in [0, 0.1) is 5.92 Å². The molecule has 3 rings (SSSR count). The first kappa shape index (κ1) is 26.1. The number of hydrogen-bond acceptors (Lipinski definition) is 4. The predicted octanol–water partition coefficient (Wildman–Crippen LogP) is 5.16. The minimum Gasteiger partial charge on any atom is -0.356 e. The molecule has 1 N–H and O–H groups in total. The van der Waals surface area contributed by atoms with Crippen molar-refractivity contribution < 1.29 is 9.59 Å². The molecule has 0 bridgehead atoms. The standard InChI is InChI=1S/C28H37N5O2/c1-6-9-18-33-28-23-12-10-11-13-24(23)32(19-21(7-2)22(8-3)27(28)30-31-33)26(35)16-17-29-25(34)15-14-20(4)5/h7-8,10-13,20H,2-3,6,9,14-19H2,1,4-5H3,(H,29,34)/b22-21-. The maximum absolute atomic E-state index is 13.5. The van der Waals surface area contributed by atoms with Crippen LogP contribution in [0.4, 0.5) is 5.69 Å². The molecular weight excluding hydrogens is 438 g/mol. The van der Waals surface area contributed by atoms with E-state index in [4.69, 9.17) is 0 Å². The van der Waals surface area contributed by atoms with Crippen LogP contribution in [0.25, 0.3) is 16.8 Å². The minimum atomic E-state index is -0.0691. The van der Waals surface area contributed by atoms with Crippen molar-refractivity contribution in [3.63, 3.8) is 0 Å². The van der Waals surface area contributed by atoms with Crippen LogP contribution >= 0.6 is 0 Å². The van der Waals surface area contributed by atoms with Gasteiger partial charge in [0.05, 0.1) is 17.9 Å². The topological polar surface area (TPSA) is 80.1 Å². The van der Waals surface area contributed by atoms with Crippen LogP contribution in [0.15, 0.2) is 55.1 Å². The number of hydrogen-bond donors (Lipinski definition) is 1. The number of carbonyl (C=O) groups is 2. The number of benzene rings is 1. The van der Waals surface area contributed by atoms with E-state index in [1.165, 1.54) is 0 Å². The van der Waals surface area contributed by atoms with Gasteiger partial charge in [-0.25, -0.2) is 4.68 Å². The van der Waals surface area contributed by atoms with Gasteiger partial charge in [0.2, 0.25) is 11.8 Å². The van der Waals surface area contributed by atoms with Crippen LogP contribution in [0.1, 0.15) is 58.6 Å². The number of aromatic nitrogens is 3. The van der Waals surface area contributed by atoms with Crippen LogP contribution in [0.5, 0.6) is 0 Å². The number of anilines is 1. The smallest absolute Gasteiger partial charge is 0.229 e. The number of carbonyl (C=O) groups excluding carboxylic acids is 2. The molecule has 0 saturated heterocycles. The lowest BCUT2D eigenvalue weighted by atomic mass is 9.95. The molecule has 186 valence electrons. The van der Waals surface area contributed by atoms with Crippen LogP contribution in [0.3, 0.4) is 0 Å². The summed E-state index contributed by atoms with van der Waals surface area (Å²) in [4.78, 5) is 27.4. The van der Waals surface area contributed by atoms with Gasteiger partial charge in [-0.3, -0.25) is 9.59 Å². The fourth-order valence-corrected chi connectivity index (χ4v) is 4.20. The Labute approximate surface area is 208 Å². The van der Waals surface area contributed by atoms with E-state index >= 15 is 0 Å². The third-order valence-corrected chi connectivity index (χ3v) is 6.20. The van der Waals surface area contributed by atoms with Crippen molar-refractivity contribution in [2.75, 3.05) is 18.0 Å². The van der Waals surface area contributed by atoms with Crippen LogP contribution in [0.2, 0.25) is 0 Å². The molecule has 2 heterocycles. The van der Waals surface area contributed by atoms with E-state index in [2.05, 4.69) is 49.6 Å². The molecule has 0 spiro atoms. The van der Waals surface area contributed by atoms with Gasteiger partial charge in [-0.15, -0.1) is 5.10 Å². The summed E-state index contributed by atoms with van der Waals surface area (Å²) < 4.78 is 1.92. The van der Waals surface area contributed by atoms with Gasteiger partial charge in [-0.2, -0.15) is 0 Å². The van der Waals surface area contributed by atoms with E-state index < -0.39 is 0 Å². The molecule has 7 heteroatoms. The normalized spacial score (nSPS) is 15.1. The largest absolute Gasteiger partial charge is 0.356 e. The molecule has 0 fully saturated rings. The third-order valence-electron chi connectivity index (χ3n) is 6.20. The fourth-order valence-electron chi connectivity index (χ4n) is 4.20. The second-order valence-electron chi connectivity index (χ2n) is 9.24. The fraction of sp³-hybridized carbons (Fsp3) is 0.429. The summed E-state index contributed by atoms with van der Waals surface area (Å²) in [6, 6.07) is 7.85. The number of nitrogens with one attached hydrogen (secondary N) is 1. The molecule has 0 aliphatic carbocycles. The van der Waals surface area contributed by atoms with Crippen molar-refractivity contribution in [3.05, 3.63) is 60.8 Å². The lowest BCUT2D eigenvalue weighted by Crippen LogP contribution is -2.36. The van der Waals surface area contributed by atoms with Gasteiger partial charge in [0.1, 0.15) is 5.69 Å². The number of unbranched alkanes of at least 4 members (excludes halogenated alkanes) is 1. The van der Waals surface area contributed by atoms with E-state index in [0.717, 1.165) is 59.6 Å². The van der Waals surface area contributed by atoms with Crippen molar-refractivity contribution >= 4 is 23.1 Å². The van der Waals surface area contributed by atoms with Crippen LogP contribution < -0.4 is 10.2 Å². The Morgan fingerprint density at radius 1 is 1.17 bits per heavy atom. The Hall–Kier alpha value is -3.48. The van der Waals surface area contributed by atoms with Gasteiger partial charge >= 0.3 is 0 Å². The van der Waals surface area contributed by atoms with Gasteiger partial charge < -0.3 is 10.2 Å². The SMILES string of the molecule is C=C/C1=C(\C=C)c2nnn(CCCC)c2-c2ccccc2N(C(=O)CCNC(=O)CCC(C)C)C1. The summed E-state index contributed by atoms with van der Waals surface area (Å²) in [5.74, 6) is 0.379. The molecule has 0 saturated carbocycles. The zero-order valence-corrected chi connectivity index (χ0v) is 21.2. The number of rotatable bonds is 11. The Balaban J connectivity index is 1.96. The number of allylic oxidation sites excluding steroid dienone is 2. The second kappa shape index (κ2) is 12.3.